The molecule has 2 rings (SSSR count). The average Bonchev–Trinajstić information content (AvgIpc) is 2.52. The van der Waals surface area contributed by atoms with Crippen molar-refractivity contribution in [3.8, 4) is 17.6 Å². The minimum Gasteiger partial charge on any atom is -0.493 e. The van der Waals surface area contributed by atoms with Crippen LogP contribution in [0.1, 0.15) is 21.6 Å². The molecule has 0 bridgehead atoms. The van der Waals surface area contributed by atoms with E-state index in [-0.39, 0.29) is 6.61 Å². The number of pyridine rings is 1. The van der Waals surface area contributed by atoms with E-state index in [0.29, 0.717) is 28.3 Å². The highest BCUT2D eigenvalue weighted by Gasteiger charge is 2.08. The third-order valence-corrected chi connectivity index (χ3v) is 2.70. The van der Waals surface area contributed by atoms with Crippen LogP contribution in [-0.2, 0) is 6.61 Å². The summed E-state index contributed by atoms with van der Waals surface area (Å²) >= 11 is 0. The predicted molar refractivity (Wildman–Crippen MR) is 71.7 cm³/mol. The summed E-state index contributed by atoms with van der Waals surface area (Å²) in [5.41, 5.74) is 1.53. The van der Waals surface area contributed by atoms with E-state index in [2.05, 4.69) is 4.98 Å². The molecule has 0 spiro atoms. The summed E-state index contributed by atoms with van der Waals surface area (Å²) in [6.07, 6.45) is 2.29. The van der Waals surface area contributed by atoms with Crippen LogP contribution in [0.15, 0.2) is 36.5 Å². The maximum Gasteiger partial charge on any atom is 0.161 e. The lowest BCUT2D eigenvalue weighted by Gasteiger charge is -2.11. The maximum absolute atomic E-state index is 10.7. The van der Waals surface area contributed by atoms with E-state index in [9.17, 15) is 4.79 Å². The van der Waals surface area contributed by atoms with E-state index < -0.39 is 0 Å². The van der Waals surface area contributed by atoms with Crippen LogP contribution >= 0.6 is 0 Å². The van der Waals surface area contributed by atoms with E-state index >= 15 is 0 Å². The molecule has 0 aliphatic carbocycles. The zero-order chi connectivity index (χ0) is 14.4. The Bertz CT molecular complexity index is 662. The first-order valence-electron chi connectivity index (χ1n) is 5.88. The minimum absolute atomic E-state index is 0.202. The molecule has 2 aromatic rings. The molecule has 0 aliphatic rings. The Morgan fingerprint density at radius 3 is 2.90 bits per heavy atom. The third kappa shape index (κ3) is 2.93. The van der Waals surface area contributed by atoms with Gasteiger partial charge >= 0.3 is 0 Å². The van der Waals surface area contributed by atoms with Crippen LogP contribution < -0.4 is 9.47 Å². The smallest absolute Gasteiger partial charge is 0.161 e. The number of hydrogen-bond acceptors (Lipinski definition) is 5. The molecule has 0 aliphatic heterocycles. The van der Waals surface area contributed by atoms with Crippen molar-refractivity contribution in [3.05, 3.63) is 53.3 Å². The fourth-order valence-corrected chi connectivity index (χ4v) is 1.69. The van der Waals surface area contributed by atoms with Gasteiger partial charge in [-0.3, -0.25) is 4.79 Å². The number of benzene rings is 1. The van der Waals surface area contributed by atoms with Gasteiger partial charge in [-0.15, -0.1) is 0 Å². The van der Waals surface area contributed by atoms with Gasteiger partial charge < -0.3 is 9.47 Å². The summed E-state index contributed by atoms with van der Waals surface area (Å²) in [6.45, 7) is 0.202. The lowest BCUT2D eigenvalue weighted by Crippen LogP contribution is -2.01. The topological polar surface area (TPSA) is 72.2 Å². The summed E-state index contributed by atoms with van der Waals surface area (Å²) in [5.74, 6) is 0.975. The Morgan fingerprint density at radius 2 is 2.20 bits per heavy atom. The zero-order valence-corrected chi connectivity index (χ0v) is 10.9. The van der Waals surface area contributed by atoms with Crippen molar-refractivity contribution in [3.63, 3.8) is 0 Å². The summed E-state index contributed by atoms with van der Waals surface area (Å²) in [7, 11) is 1.50. The molecule has 5 nitrogen and oxygen atoms in total. The second-order valence-corrected chi connectivity index (χ2v) is 3.94. The molecular weight excluding hydrogens is 256 g/mol. The third-order valence-electron chi connectivity index (χ3n) is 2.70. The number of methoxy groups -OCH3 is 1. The number of nitriles is 1. The number of carbonyl (C=O) groups excluding carboxylic acids is 1. The largest absolute Gasteiger partial charge is 0.493 e. The van der Waals surface area contributed by atoms with Crippen molar-refractivity contribution in [1.82, 2.24) is 4.98 Å². The second kappa shape index (κ2) is 6.34. The van der Waals surface area contributed by atoms with E-state index in [1.165, 1.54) is 7.11 Å². The first-order valence-corrected chi connectivity index (χ1v) is 5.88. The van der Waals surface area contributed by atoms with Crippen LogP contribution in [0.4, 0.5) is 0 Å². The van der Waals surface area contributed by atoms with E-state index in [1.807, 2.05) is 6.07 Å². The van der Waals surface area contributed by atoms with Crippen LogP contribution in [0.25, 0.3) is 0 Å². The quantitative estimate of drug-likeness (QED) is 0.778. The number of carbonyl (C=O) groups is 1. The molecule has 0 amide bonds. The molecule has 0 atom stereocenters. The molecule has 0 saturated carbocycles. The average molecular weight is 268 g/mol. The van der Waals surface area contributed by atoms with Gasteiger partial charge in [-0.05, 0) is 24.3 Å². The molecular formula is C15H12N2O3. The van der Waals surface area contributed by atoms with Crippen molar-refractivity contribution in [2.24, 2.45) is 0 Å². The van der Waals surface area contributed by atoms with Crippen LogP contribution in [0.5, 0.6) is 11.5 Å². The molecule has 0 N–H and O–H groups in total. The molecule has 1 heterocycles. The van der Waals surface area contributed by atoms with Crippen LogP contribution in [0, 0.1) is 11.3 Å². The first-order chi connectivity index (χ1) is 9.78. The molecule has 1 aromatic carbocycles. The van der Waals surface area contributed by atoms with Crippen LogP contribution in [0.2, 0.25) is 0 Å². The highest BCUT2D eigenvalue weighted by molar-refractivity contribution is 5.76. The molecule has 0 saturated heterocycles. The van der Waals surface area contributed by atoms with Crippen LogP contribution in [-0.4, -0.2) is 18.4 Å². The highest BCUT2D eigenvalue weighted by atomic mass is 16.5. The lowest BCUT2D eigenvalue weighted by atomic mass is 10.2. The minimum atomic E-state index is 0.202. The zero-order valence-electron chi connectivity index (χ0n) is 10.9. The van der Waals surface area contributed by atoms with Gasteiger partial charge in [0.25, 0.3) is 0 Å². The number of nitrogens with zero attached hydrogens (tertiary/aromatic N) is 2. The van der Waals surface area contributed by atoms with Crippen molar-refractivity contribution < 1.29 is 14.3 Å². The number of ether oxygens (including phenoxy) is 2. The molecule has 0 fully saturated rings. The number of aromatic nitrogens is 1. The molecule has 20 heavy (non-hydrogen) atoms. The lowest BCUT2D eigenvalue weighted by molar-refractivity contribution is 0.112. The van der Waals surface area contributed by atoms with Gasteiger partial charge in [0, 0.05) is 17.3 Å². The summed E-state index contributed by atoms with van der Waals surface area (Å²) in [4.78, 5) is 14.7. The Hall–Kier alpha value is -2.87. The number of rotatable bonds is 5. The summed E-state index contributed by atoms with van der Waals surface area (Å²) in [6, 6.07) is 10.4. The first kappa shape index (κ1) is 13.6. The van der Waals surface area contributed by atoms with Crippen molar-refractivity contribution in [2.75, 3.05) is 7.11 Å². The van der Waals surface area contributed by atoms with Crippen molar-refractivity contribution >= 4 is 6.29 Å². The molecule has 100 valence electrons. The van der Waals surface area contributed by atoms with Crippen molar-refractivity contribution in [1.29, 1.82) is 5.26 Å². The molecule has 5 heteroatoms. The van der Waals surface area contributed by atoms with E-state index in [0.717, 1.165) is 6.29 Å². The standard InChI is InChI=1S/C15H12N2O3/c1-19-15-7-11(9-18)4-5-14(15)20-10-12-3-2-6-17-13(12)8-16/h2-7,9H,10H2,1H3. The Kier molecular flexibility index (Phi) is 4.30. The van der Waals surface area contributed by atoms with E-state index in [1.54, 1.807) is 36.5 Å². The van der Waals surface area contributed by atoms with E-state index in [4.69, 9.17) is 14.7 Å². The summed E-state index contributed by atoms with van der Waals surface area (Å²) in [5, 5.41) is 8.95. The second-order valence-electron chi connectivity index (χ2n) is 3.94. The van der Waals surface area contributed by atoms with Gasteiger partial charge in [0.05, 0.1) is 7.11 Å². The molecule has 1 aromatic heterocycles. The molecule has 0 radical (unpaired) electrons. The monoisotopic (exact) mass is 268 g/mol. The normalized spacial score (nSPS) is 9.60. The van der Waals surface area contributed by atoms with Gasteiger partial charge in [0.2, 0.25) is 0 Å². The molecule has 0 unspecified atom stereocenters. The maximum atomic E-state index is 10.7. The van der Waals surface area contributed by atoms with Crippen LogP contribution in [0.3, 0.4) is 0 Å². The summed E-state index contributed by atoms with van der Waals surface area (Å²) < 4.78 is 10.8. The predicted octanol–water partition coefficient (Wildman–Crippen LogP) is 2.35. The van der Waals surface area contributed by atoms with Gasteiger partial charge in [-0.2, -0.15) is 5.26 Å². The Morgan fingerprint density at radius 1 is 1.35 bits per heavy atom. The number of hydrogen-bond donors (Lipinski definition) is 0. The van der Waals surface area contributed by atoms with Gasteiger partial charge in [0.15, 0.2) is 11.5 Å². The highest BCUT2D eigenvalue weighted by Crippen LogP contribution is 2.28. The SMILES string of the molecule is COc1cc(C=O)ccc1OCc1cccnc1C#N. The number of aldehydes is 1. The van der Waals surface area contributed by atoms with Gasteiger partial charge in [0.1, 0.15) is 24.7 Å². The Balaban J connectivity index is 2.19. The fraction of sp³-hybridized carbons (Fsp3) is 0.133. The Labute approximate surface area is 116 Å². The van der Waals surface area contributed by atoms with Crippen molar-refractivity contribution in [2.45, 2.75) is 6.61 Å². The van der Waals surface area contributed by atoms with Gasteiger partial charge in [-0.1, -0.05) is 6.07 Å². The van der Waals surface area contributed by atoms with Gasteiger partial charge in [-0.25, -0.2) is 4.98 Å². The fourth-order valence-electron chi connectivity index (χ4n) is 1.69.